The average Bonchev–Trinajstić information content (AvgIpc) is 3.45. The van der Waals surface area contributed by atoms with Crippen LogP contribution in [0.3, 0.4) is 0 Å². The molecule has 3 heterocycles. The van der Waals surface area contributed by atoms with Crippen LogP contribution in [0.2, 0.25) is 0 Å². The molecular formula is C24H14FN3O4S. The summed E-state index contributed by atoms with van der Waals surface area (Å²) in [5.41, 5.74) is 2.04. The summed E-state index contributed by atoms with van der Waals surface area (Å²) in [6, 6.07) is 15.4. The van der Waals surface area contributed by atoms with Crippen LogP contribution in [0.5, 0.6) is 0 Å². The van der Waals surface area contributed by atoms with Gasteiger partial charge in [0.1, 0.15) is 23.2 Å². The van der Waals surface area contributed by atoms with Gasteiger partial charge in [-0.3, -0.25) is 15.1 Å². The number of furan rings is 1. The van der Waals surface area contributed by atoms with Crippen LogP contribution in [0.15, 0.2) is 81.1 Å². The van der Waals surface area contributed by atoms with Gasteiger partial charge in [0.2, 0.25) is 0 Å². The molecule has 0 fully saturated rings. The third-order valence-electron chi connectivity index (χ3n) is 5.06. The van der Waals surface area contributed by atoms with Crippen molar-refractivity contribution in [2.75, 3.05) is 0 Å². The van der Waals surface area contributed by atoms with E-state index in [1.54, 1.807) is 41.8 Å². The molecule has 0 radical (unpaired) electrons. The lowest BCUT2D eigenvalue weighted by Gasteiger charge is -2.26. The Labute approximate surface area is 191 Å². The van der Waals surface area contributed by atoms with Crippen molar-refractivity contribution in [2.45, 2.75) is 0 Å². The molecule has 0 saturated heterocycles. The zero-order valence-electron chi connectivity index (χ0n) is 16.8. The minimum absolute atomic E-state index is 0.0365. The van der Waals surface area contributed by atoms with Crippen molar-refractivity contribution in [3.63, 3.8) is 0 Å². The van der Waals surface area contributed by atoms with E-state index in [1.165, 1.54) is 47.0 Å². The van der Waals surface area contributed by atoms with Gasteiger partial charge in [-0.25, -0.2) is 9.18 Å². The van der Waals surface area contributed by atoms with Crippen molar-refractivity contribution in [1.29, 1.82) is 5.41 Å². The van der Waals surface area contributed by atoms with Gasteiger partial charge in [-0.2, -0.15) is 4.99 Å². The highest BCUT2D eigenvalue weighted by Crippen LogP contribution is 2.37. The second-order valence-electron chi connectivity index (χ2n) is 7.16. The lowest BCUT2D eigenvalue weighted by Crippen LogP contribution is -2.38. The van der Waals surface area contributed by atoms with E-state index in [1.807, 2.05) is 0 Å². The number of amides is 1. The van der Waals surface area contributed by atoms with Crippen LogP contribution in [-0.4, -0.2) is 32.9 Å². The first-order chi connectivity index (χ1) is 15.9. The number of carbonyl (C=O) groups excluding carboxylic acids is 1. The Morgan fingerprint density at radius 3 is 2.67 bits per heavy atom. The van der Waals surface area contributed by atoms with Crippen LogP contribution < -0.4 is 0 Å². The Morgan fingerprint density at radius 1 is 1.12 bits per heavy atom. The molecule has 1 amide bonds. The van der Waals surface area contributed by atoms with Gasteiger partial charge in [-0.15, -0.1) is 0 Å². The molecule has 2 aromatic carbocycles. The summed E-state index contributed by atoms with van der Waals surface area (Å²) in [6.45, 7) is 0. The average molecular weight is 459 g/mol. The summed E-state index contributed by atoms with van der Waals surface area (Å²) >= 11 is 1.21. The summed E-state index contributed by atoms with van der Waals surface area (Å²) in [5, 5.41) is 19.9. The standard InChI is InChI=1S/C24H14FN3O4S/c25-16-6-4-13(5-7-16)19-12-33-24-27-22(29)18(21(26)28(19)24)11-17-8-9-20(32-17)14-2-1-3-15(10-14)23(30)31/h1-12,26H,(H,30,31)/b18-11-,26-21?. The third kappa shape index (κ3) is 3.79. The summed E-state index contributed by atoms with van der Waals surface area (Å²) in [7, 11) is 0. The number of benzene rings is 2. The lowest BCUT2D eigenvalue weighted by molar-refractivity contribution is -0.114. The SMILES string of the molecule is N=C1/C(=C/c2ccc(-c3cccc(C(=O)O)c3)o2)C(=O)N=C2SC=C(c3ccc(F)cc3)N12. The molecule has 2 N–H and O–H groups in total. The van der Waals surface area contributed by atoms with Gasteiger partial charge in [-0.05, 0) is 60.2 Å². The molecule has 0 atom stereocenters. The zero-order valence-corrected chi connectivity index (χ0v) is 17.6. The van der Waals surface area contributed by atoms with Crippen molar-refractivity contribution in [3.05, 3.63) is 94.3 Å². The van der Waals surface area contributed by atoms with Crippen LogP contribution in [0, 0.1) is 11.2 Å². The Bertz CT molecular complexity index is 1420. The van der Waals surface area contributed by atoms with Crippen LogP contribution in [0.1, 0.15) is 21.7 Å². The first-order valence-electron chi connectivity index (χ1n) is 9.71. The molecule has 7 nitrogen and oxygen atoms in total. The van der Waals surface area contributed by atoms with Gasteiger partial charge in [0.15, 0.2) is 5.17 Å². The first kappa shape index (κ1) is 20.7. The molecule has 33 heavy (non-hydrogen) atoms. The second kappa shape index (κ2) is 8.03. The van der Waals surface area contributed by atoms with Crippen LogP contribution in [0.25, 0.3) is 23.1 Å². The number of rotatable bonds is 4. The van der Waals surface area contributed by atoms with Gasteiger partial charge in [-0.1, -0.05) is 23.9 Å². The number of nitrogens with one attached hydrogen (secondary N) is 1. The van der Waals surface area contributed by atoms with Gasteiger partial charge in [0.05, 0.1) is 16.8 Å². The number of aromatic carboxylic acids is 1. The van der Waals surface area contributed by atoms with E-state index in [9.17, 15) is 19.1 Å². The summed E-state index contributed by atoms with van der Waals surface area (Å²) in [5.74, 6) is -1.32. The second-order valence-corrected chi connectivity index (χ2v) is 7.99. The summed E-state index contributed by atoms with van der Waals surface area (Å²) in [4.78, 5) is 29.5. The highest BCUT2D eigenvalue weighted by atomic mass is 32.2. The van der Waals surface area contributed by atoms with Crippen molar-refractivity contribution < 1.29 is 23.5 Å². The number of hydrogen-bond acceptors (Lipinski definition) is 5. The molecule has 3 aromatic rings. The van der Waals surface area contributed by atoms with E-state index in [4.69, 9.17) is 9.83 Å². The molecule has 0 aliphatic carbocycles. The maximum atomic E-state index is 13.3. The topological polar surface area (TPSA) is 107 Å². The highest BCUT2D eigenvalue weighted by molar-refractivity contribution is 8.17. The predicted octanol–water partition coefficient (Wildman–Crippen LogP) is 5.09. The zero-order chi connectivity index (χ0) is 23.1. The normalized spacial score (nSPS) is 16.6. The molecule has 1 aromatic heterocycles. The van der Waals surface area contributed by atoms with E-state index < -0.39 is 11.9 Å². The molecule has 2 aliphatic heterocycles. The van der Waals surface area contributed by atoms with Crippen molar-refractivity contribution >= 4 is 46.4 Å². The van der Waals surface area contributed by atoms with E-state index in [-0.39, 0.29) is 22.8 Å². The summed E-state index contributed by atoms with van der Waals surface area (Å²) in [6.07, 6.45) is 1.43. The fraction of sp³-hybridized carbons (Fsp3) is 0. The van der Waals surface area contributed by atoms with Gasteiger partial charge in [0.25, 0.3) is 5.91 Å². The molecule has 2 aliphatic rings. The number of thioether (sulfide) groups is 1. The van der Waals surface area contributed by atoms with E-state index in [2.05, 4.69) is 4.99 Å². The van der Waals surface area contributed by atoms with Gasteiger partial charge in [0, 0.05) is 11.0 Å². The molecular weight excluding hydrogens is 445 g/mol. The number of halogens is 1. The number of carbonyl (C=O) groups is 2. The fourth-order valence-corrected chi connectivity index (χ4v) is 4.35. The first-order valence-corrected chi connectivity index (χ1v) is 10.6. The lowest BCUT2D eigenvalue weighted by atomic mass is 10.1. The van der Waals surface area contributed by atoms with E-state index >= 15 is 0 Å². The Morgan fingerprint density at radius 2 is 1.91 bits per heavy atom. The van der Waals surface area contributed by atoms with Crippen LogP contribution in [0.4, 0.5) is 4.39 Å². The summed E-state index contributed by atoms with van der Waals surface area (Å²) < 4.78 is 19.1. The number of aliphatic imine (C=N–C) groups is 1. The third-order valence-corrected chi connectivity index (χ3v) is 5.89. The molecule has 0 unspecified atom stereocenters. The number of fused-ring (bicyclic) bond motifs is 1. The number of hydrogen-bond donors (Lipinski definition) is 2. The molecule has 5 rings (SSSR count). The fourth-order valence-electron chi connectivity index (χ4n) is 3.46. The molecule has 0 spiro atoms. The van der Waals surface area contributed by atoms with Crippen LogP contribution in [-0.2, 0) is 4.79 Å². The van der Waals surface area contributed by atoms with Crippen molar-refractivity contribution in [3.8, 4) is 11.3 Å². The maximum Gasteiger partial charge on any atom is 0.335 e. The predicted molar refractivity (Wildman–Crippen MR) is 123 cm³/mol. The minimum Gasteiger partial charge on any atom is -0.478 e. The monoisotopic (exact) mass is 459 g/mol. The largest absolute Gasteiger partial charge is 0.478 e. The molecule has 9 heteroatoms. The van der Waals surface area contributed by atoms with Crippen molar-refractivity contribution in [1.82, 2.24) is 4.90 Å². The smallest absolute Gasteiger partial charge is 0.335 e. The maximum absolute atomic E-state index is 13.3. The Balaban J connectivity index is 1.46. The number of amidine groups is 2. The minimum atomic E-state index is -1.05. The molecule has 0 bridgehead atoms. The van der Waals surface area contributed by atoms with Crippen LogP contribution >= 0.6 is 11.8 Å². The Kier molecular flexibility index (Phi) is 5.02. The number of carboxylic acids is 1. The van der Waals surface area contributed by atoms with E-state index in [0.717, 1.165) is 0 Å². The van der Waals surface area contributed by atoms with Crippen molar-refractivity contribution in [2.24, 2.45) is 4.99 Å². The highest BCUT2D eigenvalue weighted by Gasteiger charge is 2.36. The quantitative estimate of drug-likeness (QED) is 0.527. The van der Waals surface area contributed by atoms with E-state index in [0.29, 0.717) is 33.5 Å². The Hall–Kier alpha value is -4.24. The number of nitrogens with zero attached hydrogens (tertiary/aromatic N) is 2. The number of carboxylic acid groups (broad SMARTS) is 1. The van der Waals surface area contributed by atoms with Gasteiger partial charge >= 0.3 is 5.97 Å². The van der Waals surface area contributed by atoms with Gasteiger partial charge < -0.3 is 9.52 Å². The molecule has 0 saturated carbocycles. The molecule has 162 valence electrons.